The summed E-state index contributed by atoms with van der Waals surface area (Å²) >= 11 is 0. The molecule has 1 atom stereocenters. The standard InChI is InChI=1S/C21H20O5S/c1-3-14(2)15-12-13-19(17-9-5-4-8-16(15)17)26-21(22)18-10-6-7-11-20(18)27(23,24)25/h4-14H,3H2,1-2H3,(H,23,24,25). The first-order chi connectivity index (χ1) is 12.8. The first-order valence-corrected chi connectivity index (χ1v) is 10.1. The van der Waals surface area contributed by atoms with Crippen molar-refractivity contribution in [3.05, 3.63) is 71.8 Å². The summed E-state index contributed by atoms with van der Waals surface area (Å²) in [5.41, 5.74) is 0.946. The summed E-state index contributed by atoms with van der Waals surface area (Å²) in [5, 5.41) is 1.76. The highest BCUT2D eigenvalue weighted by Gasteiger charge is 2.22. The van der Waals surface area contributed by atoms with E-state index < -0.39 is 21.0 Å². The highest BCUT2D eigenvalue weighted by molar-refractivity contribution is 7.86. The van der Waals surface area contributed by atoms with E-state index >= 15 is 0 Å². The smallest absolute Gasteiger partial charge is 0.344 e. The number of esters is 1. The number of carbonyl (C=O) groups is 1. The maximum absolute atomic E-state index is 12.6. The fraction of sp³-hybridized carbons (Fsp3) is 0.190. The number of hydrogen-bond donors (Lipinski definition) is 1. The van der Waals surface area contributed by atoms with Gasteiger partial charge in [-0.2, -0.15) is 8.42 Å². The predicted octanol–water partition coefficient (Wildman–Crippen LogP) is 4.82. The van der Waals surface area contributed by atoms with E-state index in [1.165, 1.54) is 18.2 Å². The second kappa shape index (κ2) is 7.50. The quantitative estimate of drug-likeness (QED) is 0.387. The van der Waals surface area contributed by atoms with Crippen LogP contribution in [0.25, 0.3) is 10.8 Å². The number of carbonyl (C=O) groups excluding carboxylic acids is 1. The fourth-order valence-electron chi connectivity index (χ4n) is 3.05. The van der Waals surface area contributed by atoms with Crippen molar-refractivity contribution in [2.45, 2.75) is 31.1 Å². The lowest BCUT2D eigenvalue weighted by Crippen LogP contribution is -2.14. The summed E-state index contributed by atoms with van der Waals surface area (Å²) in [5.74, 6) is -0.155. The van der Waals surface area contributed by atoms with E-state index in [0.29, 0.717) is 11.7 Å². The Balaban J connectivity index is 2.05. The second-order valence-corrected chi connectivity index (χ2v) is 7.76. The summed E-state index contributed by atoms with van der Waals surface area (Å²) in [7, 11) is -4.54. The van der Waals surface area contributed by atoms with Gasteiger partial charge in [-0.3, -0.25) is 4.55 Å². The summed E-state index contributed by atoms with van der Waals surface area (Å²) in [6.07, 6.45) is 0.977. The minimum atomic E-state index is -4.54. The van der Waals surface area contributed by atoms with Gasteiger partial charge in [0.2, 0.25) is 0 Å². The third-order valence-electron chi connectivity index (χ3n) is 4.65. The van der Waals surface area contributed by atoms with E-state index in [2.05, 4.69) is 13.8 Å². The number of benzene rings is 3. The number of ether oxygens (including phenoxy) is 1. The zero-order valence-corrected chi connectivity index (χ0v) is 15.9. The molecule has 0 radical (unpaired) electrons. The van der Waals surface area contributed by atoms with Crippen LogP contribution in [0.3, 0.4) is 0 Å². The molecule has 27 heavy (non-hydrogen) atoms. The minimum Gasteiger partial charge on any atom is -0.422 e. The van der Waals surface area contributed by atoms with Gasteiger partial charge in [0.1, 0.15) is 10.6 Å². The summed E-state index contributed by atoms with van der Waals surface area (Å²) in [6.45, 7) is 4.25. The number of fused-ring (bicyclic) bond motifs is 1. The minimum absolute atomic E-state index is 0.213. The average Bonchev–Trinajstić information content (AvgIpc) is 2.67. The molecule has 3 aromatic carbocycles. The molecule has 0 bridgehead atoms. The normalized spacial score (nSPS) is 12.7. The van der Waals surface area contributed by atoms with Gasteiger partial charge < -0.3 is 4.74 Å². The Hall–Kier alpha value is -2.70. The lowest BCUT2D eigenvalue weighted by atomic mass is 9.93. The van der Waals surface area contributed by atoms with Crippen LogP contribution in [0.1, 0.15) is 42.1 Å². The van der Waals surface area contributed by atoms with Crippen LogP contribution in [0.5, 0.6) is 5.75 Å². The summed E-state index contributed by atoms with van der Waals surface area (Å²) in [6, 6.07) is 16.7. The van der Waals surface area contributed by atoms with Crippen molar-refractivity contribution in [2.75, 3.05) is 0 Å². The van der Waals surface area contributed by atoms with E-state index in [9.17, 15) is 17.8 Å². The lowest BCUT2D eigenvalue weighted by Gasteiger charge is -2.15. The van der Waals surface area contributed by atoms with E-state index in [1.54, 1.807) is 6.07 Å². The number of hydrogen-bond acceptors (Lipinski definition) is 4. The van der Waals surface area contributed by atoms with Gasteiger partial charge in [-0.05, 0) is 41.5 Å². The van der Waals surface area contributed by atoms with E-state index in [1.807, 2.05) is 30.3 Å². The van der Waals surface area contributed by atoms with Crippen LogP contribution >= 0.6 is 0 Å². The molecular formula is C21H20O5S. The van der Waals surface area contributed by atoms with Gasteiger partial charge in [-0.25, -0.2) is 4.79 Å². The van der Waals surface area contributed by atoms with Crippen LogP contribution in [-0.2, 0) is 10.1 Å². The molecule has 140 valence electrons. The van der Waals surface area contributed by atoms with Gasteiger partial charge in [0, 0.05) is 5.39 Å². The maximum atomic E-state index is 12.6. The molecule has 0 saturated heterocycles. The van der Waals surface area contributed by atoms with Crippen LogP contribution in [-0.4, -0.2) is 18.9 Å². The van der Waals surface area contributed by atoms with Gasteiger partial charge in [0.25, 0.3) is 10.1 Å². The predicted molar refractivity (Wildman–Crippen MR) is 104 cm³/mol. The molecular weight excluding hydrogens is 364 g/mol. The van der Waals surface area contributed by atoms with Crippen molar-refractivity contribution >= 4 is 26.9 Å². The second-order valence-electron chi connectivity index (χ2n) is 6.37. The van der Waals surface area contributed by atoms with Gasteiger partial charge in [0.05, 0.1) is 5.56 Å². The largest absolute Gasteiger partial charge is 0.422 e. The van der Waals surface area contributed by atoms with Crippen molar-refractivity contribution in [3.63, 3.8) is 0 Å². The Morgan fingerprint density at radius 1 is 1.00 bits per heavy atom. The van der Waals surface area contributed by atoms with Gasteiger partial charge in [0.15, 0.2) is 0 Å². The van der Waals surface area contributed by atoms with E-state index in [-0.39, 0.29) is 5.56 Å². The Kier molecular flexibility index (Phi) is 5.30. The topological polar surface area (TPSA) is 80.7 Å². The molecule has 0 amide bonds. The van der Waals surface area contributed by atoms with Crippen LogP contribution in [0.15, 0.2) is 65.6 Å². The summed E-state index contributed by atoms with van der Waals surface area (Å²) in [4.78, 5) is 12.1. The maximum Gasteiger partial charge on any atom is 0.344 e. The van der Waals surface area contributed by atoms with E-state index in [0.717, 1.165) is 28.8 Å². The van der Waals surface area contributed by atoms with Gasteiger partial charge in [-0.15, -0.1) is 0 Å². The van der Waals surface area contributed by atoms with Crippen LogP contribution in [0.2, 0.25) is 0 Å². The van der Waals surface area contributed by atoms with Crippen LogP contribution in [0.4, 0.5) is 0 Å². The van der Waals surface area contributed by atoms with Crippen molar-refractivity contribution in [1.29, 1.82) is 0 Å². The lowest BCUT2D eigenvalue weighted by molar-refractivity contribution is 0.0732. The molecule has 6 heteroatoms. The Morgan fingerprint density at radius 3 is 2.30 bits per heavy atom. The first kappa shape index (κ1) is 19.1. The molecule has 0 saturated carbocycles. The van der Waals surface area contributed by atoms with Crippen molar-refractivity contribution < 1.29 is 22.5 Å². The molecule has 3 aromatic rings. The molecule has 5 nitrogen and oxygen atoms in total. The molecule has 0 aliphatic heterocycles. The van der Waals surface area contributed by atoms with Crippen LogP contribution < -0.4 is 4.74 Å². The molecule has 0 fully saturated rings. The Morgan fingerprint density at radius 2 is 1.63 bits per heavy atom. The van der Waals surface area contributed by atoms with E-state index in [4.69, 9.17) is 4.74 Å². The van der Waals surface area contributed by atoms with Gasteiger partial charge >= 0.3 is 5.97 Å². The average molecular weight is 384 g/mol. The zero-order valence-electron chi connectivity index (χ0n) is 15.0. The monoisotopic (exact) mass is 384 g/mol. The van der Waals surface area contributed by atoms with Gasteiger partial charge in [-0.1, -0.05) is 56.3 Å². The third-order valence-corrected chi connectivity index (χ3v) is 5.56. The molecule has 0 aliphatic carbocycles. The van der Waals surface area contributed by atoms with Crippen molar-refractivity contribution in [3.8, 4) is 5.75 Å². The molecule has 0 aromatic heterocycles. The molecule has 0 heterocycles. The molecule has 1 N–H and O–H groups in total. The first-order valence-electron chi connectivity index (χ1n) is 8.63. The highest BCUT2D eigenvalue weighted by atomic mass is 32.2. The highest BCUT2D eigenvalue weighted by Crippen LogP contribution is 2.34. The fourth-order valence-corrected chi connectivity index (χ4v) is 3.73. The molecule has 0 spiro atoms. The number of rotatable bonds is 5. The zero-order chi connectivity index (χ0) is 19.6. The Labute approximate surface area is 158 Å². The van der Waals surface area contributed by atoms with Crippen molar-refractivity contribution in [2.24, 2.45) is 0 Å². The van der Waals surface area contributed by atoms with Crippen LogP contribution in [0, 0.1) is 0 Å². The SMILES string of the molecule is CCC(C)c1ccc(OC(=O)c2ccccc2S(=O)(=O)O)c2ccccc12. The summed E-state index contributed by atoms with van der Waals surface area (Å²) < 4.78 is 37.9. The Bertz CT molecular complexity index is 1100. The molecule has 1 unspecified atom stereocenters. The third kappa shape index (κ3) is 3.86. The molecule has 0 aliphatic rings. The van der Waals surface area contributed by atoms with Crippen molar-refractivity contribution in [1.82, 2.24) is 0 Å². The molecule has 3 rings (SSSR count).